The lowest BCUT2D eigenvalue weighted by molar-refractivity contribution is -0.253. The van der Waals surface area contributed by atoms with E-state index in [2.05, 4.69) is 40.7 Å². The summed E-state index contributed by atoms with van der Waals surface area (Å²) < 4.78 is 5.22. The predicted molar refractivity (Wildman–Crippen MR) is 76.3 cm³/mol. The van der Waals surface area contributed by atoms with Gasteiger partial charge in [0.15, 0.2) is 11.4 Å². The Morgan fingerprint density at radius 1 is 1.22 bits per heavy atom. The Labute approximate surface area is 130 Å². The zero-order valence-corrected chi connectivity index (χ0v) is 12.8. The molecule has 0 spiro atoms. The molecule has 0 bridgehead atoms. The van der Waals surface area contributed by atoms with Crippen molar-refractivity contribution in [2.75, 3.05) is 7.11 Å². The van der Waals surface area contributed by atoms with Crippen molar-refractivity contribution in [2.24, 2.45) is 36.7 Å². The Morgan fingerprint density at radius 2 is 1.87 bits per heavy atom. The van der Waals surface area contributed by atoms with Crippen LogP contribution in [-0.2, 0) is 14.7 Å². The van der Waals surface area contributed by atoms with Gasteiger partial charge in [-0.2, -0.15) is 15.5 Å². The van der Waals surface area contributed by atoms with E-state index in [9.17, 15) is 0 Å². The number of hydrogen-bond donors (Lipinski definition) is 3. The van der Waals surface area contributed by atoms with E-state index in [1.807, 2.05) is 6.92 Å². The van der Waals surface area contributed by atoms with Crippen LogP contribution in [-0.4, -0.2) is 46.3 Å². The molecule has 0 saturated carbocycles. The first-order valence-corrected chi connectivity index (χ1v) is 6.67. The second-order valence-corrected chi connectivity index (χ2v) is 5.56. The van der Waals surface area contributed by atoms with E-state index in [0.29, 0.717) is 6.42 Å². The number of nitrogens with zero attached hydrogens (tertiary/aromatic N) is 6. The molecule has 2 heterocycles. The third-order valence-corrected chi connectivity index (χ3v) is 3.82. The van der Waals surface area contributed by atoms with Gasteiger partial charge in [-0.1, -0.05) is 6.92 Å². The molecule has 0 amide bonds. The van der Waals surface area contributed by atoms with Crippen molar-refractivity contribution in [2.45, 2.75) is 37.8 Å². The molecule has 0 radical (unpaired) electrons. The first-order valence-electron chi connectivity index (χ1n) is 6.67. The van der Waals surface area contributed by atoms with Crippen LogP contribution in [0.1, 0.15) is 26.7 Å². The van der Waals surface area contributed by atoms with E-state index in [1.165, 1.54) is 7.11 Å². The molecule has 12 nitrogen and oxygen atoms in total. The minimum absolute atomic E-state index is 0.152. The van der Waals surface area contributed by atoms with Crippen LogP contribution in [0.3, 0.4) is 0 Å². The number of ether oxygens (including phenoxy) is 1. The molecule has 0 aliphatic carbocycles. The number of rotatable bonds is 4. The highest BCUT2D eigenvalue weighted by molar-refractivity contribution is 6.12. The fourth-order valence-electron chi connectivity index (χ4n) is 2.83. The monoisotopic (exact) mass is 327 g/mol. The van der Waals surface area contributed by atoms with E-state index < -0.39 is 11.1 Å². The quantitative estimate of drug-likeness (QED) is 0.407. The Hall–Kier alpha value is -2.47. The third kappa shape index (κ3) is 3.03. The highest BCUT2D eigenvalue weighted by Gasteiger charge is 2.54. The zero-order chi connectivity index (χ0) is 17.1. The Balaban J connectivity index is 2.58. The molecule has 0 aromatic rings. The van der Waals surface area contributed by atoms with Gasteiger partial charge in [0.1, 0.15) is 11.4 Å². The van der Waals surface area contributed by atoms with E-state index >= 15 is 0 Å². The largest absolute Gasteiger partial charge is 0.482 e. The number of methoxy groups -OCH3 is 1. The summed E-state index contributed by atoms with van der Waals surface area (Å²) in [5, 5.41) is 38.9. The van der Waals surface area contributed by atoms with Gasteiger partial charge in [-0.3, -0.25) is 5.41 Å². The average molecular weight is 327 g/mol. The summed E-state index contributed by atoms with van der Waals surface area (Å²) in [4.78, 5) is 15.8. The van der Waals surface area contributed by atoms with E-state index in [-0.39, 0.29) is 29.9 Å². The van der Waals surface area contributed by atoms with Crippen molar-refractivity contribution in [1.29, 1.82) is 5.41 Å². The fraction of sp³-hybridized carbons (Fsp3) is 0.727. The second-order valence-electron chi connectivity index (χ2n) is 5.56. The topological polar surface area (TPSA) is 166 Å². The van der Waals surface area contributed by atoms with Gasteiger partial charge >= 0.3 is 0 Å². The molecule has 2 aliphatic rings. The van der Waals surface area contributed by atoms with Crippen molar-refractivity contribution in [3.63, 3.8) is 0 Å². The van der Waals surface area contributed by atoms with Gasteiger partial charge in [0.05, 0.1) is 17.7 Å². The SMILES string of the molecule is COC1=NC2=NC(=N)C(C)CC2(/N=N\OO)CC1(C)/N=N\OO. The van der Waals surface area contributed by atoms with Crippen LogP contribution in [0.5, 0.6) is 0 Å². The Morgan fingerprint density at radius 3 is 2.48 bits per heavy atom. The molecule has 3 unspecified atom stereocenters. The lowest BCUT2D eigenvalue weighted by atomic mass is 9.74. The van der Waals surface area contributed by atoms with Gasteiger partial charge in [-0.05, 0) is 13.3 Å². The number of amidine groups is 2. The second kappa shape index (κ2) is 6.34. The maximum atomic E-state index is 8.47. The fourth-order valence-corrected chi connectivity index (χ4v) is 2.83. The standard InChI is InChI=1S/C11H17N7O5/c1-6-4-11(16-18-23-20)5-10(2,15-17-22-19)9(21-3)14-8(11)13-7(6)12/h6,12,19-20H,4-5H2,1-3H3/b12-7?,17-15-,18-16-. The maximum Gasteiger partial charge on any atom is 0.220 e. The molecular weight excluding hydrogens is 310 g/mol. The van der Waals surface area contributed by atoms with Crippen LogP contribution in [0.2, 0.25) is 0 Å². The molecule has 3 N–H and O–H groups in total. The number of hydrogen-bond acceptors (Lipinski definition) is 11. The molecule has 12 heteroatoms. The Kier molecular flexibility index (Phi) is 4.65. The van der Waals surface area contributed by atoms with Crippen molar-refractivity contribution < 1.29 is 25.2 Å². The van der Waals surface area contributed by atoms with Crippen molar-refractivity contribution in [3.8, 4) is 0 Å². The molecule has 126 valence electrons. The summed E-state index contributed by atoms with van der Waals surface area (Å²) in [5.41, 5.74) is -2.21. The van der Waals surface area contributed by atoms with Crippen molar-refractivity contribution >= 4 is 17.6 Å². The summed E-state index contributed by atoms with van der Waals surface area (Å²) in [6, 6.07) is 0. The van der Waals surface area contributed by atoms with Crippen LogP contribution in [0.15, 0.2) is 30.8 Å². The van der Waals surface area contributed by atoms with Crippen LogP contribution >= 0.6 is 0 Å². The van der Waals surface area contributed by atoms with E-state index in [4.69, 9.17) is 20.7 Å². The molecule has 23 heavy (non-hydrogen) atoms. The summed E-state index contributed by atoms with van der Waals surface area (Å²) in [6.45, 7) is 3.46. The zero-order valence-electron chi connectivity index (χ0n) is 12.8. The summed E-state index contributed by atoms with van der Waals surface area (Å²) in [5.74, 6) is 0.302. The lowest BCUT2D eigenvalue weighted by Crippen LogP contribution is -2.54. The summed E-state index contributed by atoms with van der Waals surface area (Å²) in [7, 11) is 1.40. The van der Waals surface area contributed by atoms with E-state index in [0.717, 1.165) is 0 Å². The highest BCUT2D eigenvalue weighted by Crippen LogP contribution is 2.42. The van der Waals surface area contributed by atoms with E-state index in [1.54, 1.807) is 6.92 Å². The summed E-state index contributed by atoms with van der Waals surface area (Å²) >= 11 is 0. The normalized spacial score (nSPS) is 34.1. The molecule has 0 aromatic carbocycles. The van der Waals surface area contributed by atoms with Gasteiger partial charge in [0.2, 0.25) is 5.90 Å². The average Bonchev–Trinajstić information content (AvgIpc) is 2.52. The molecule has 0 fully saturated rings. The van der Waals surface area contributed by atoms with Gasteiger partial charge < -0.3 is 4.74 Å². The number of fused-ring (bicyclic) bond motifs is 1. The summed E-state index contributed by atoms with van der Waals surface area (Å²) in [6.07, 6.45) is 0.506. The minimum Gasteiger partial charge on any atom is -0.482 e. The van der Waals surface area contributed by atoms with Crippen LogP contribution in [0.25, 0.3) is 0 Å². The molecular formula is C11H17N7O5. The molecule has 2 rings (SSSR count). The Bertz CT molecular complexity index is 604. The van der Waals surface area contributed by atoms with Gasteiger partial charge in [0.25, 0.3) is 0 Å². The number of nitrogens with one attached hydrogen (secondary N) is 1. The first-order chi connectivity index (χ1) is 10.9. The molecule has 0 saturated heterocycles. The lowest BCUT2D eigenvalue weighted by Gasteiger charge is -2.41. The minimum atomic E-state index is -1.12. The maximum absolute atomic E-state index is 8.47. The van der Waals surface area contributed by atoms with Crippen LogP contribution in [0, 0.1) is 11.3 Å². The van der Waals surface area contributed by atoms with Gasteiger partial charge in [0, 0.05) is 12.3 Å². The molecule has 3 atom stereocenters. The van der Waals surface area contributed by atoms with Crippen LogP contribution in [0.4, 0.5) is 0 Å². The molecule has 2 aliphatic heterocycles. The molecule has 0 aromatic heterocycles. The first kappa shape index (κ1) is 16.9. The highest BCUT2D eigenvalue weighted by atomic mass is 17.2. The third-order valence-electron chi connectivity index (χ3n) is 3.82. The predicted octanol–water partition coefficient (Wildman–Crippen LogP) is 2.06. The smallest absolute Gasteiger partial charge is 0.220 e. The van der Waals surface area contributed by atoms with Crippen molar-refractivity contribution in [1.82, 2.24) is 0 Å². The van der Waals surface area contributed by atoms with Crippen LogP contribution < -0.4 is 0 Å². The van der Waals surface area contributed by atoms with Crippen molar-refractivity contribution in [3.05, 3.63) is 0 Å². The van der Waals surface area contributed by atoms with Gasteiger partial charge in [-0.15, -0.1) is 10.2 Å². The van der Waals surface area contributed by atoms with Gasteiger partial charge in [-0.25, -0.2) is 15.0 Å². The number of aliphatic imine (C=N–C) groups is 2.